The van der Waals surface area contributed by atoms with Crippen LogP contribution in [-0.2, 0) is 0 Å². The Morgan fingerprint density at radius 3 is 0.913 bits per heavy atom. The van der Waals surface area contributed by atoms with Crippen molar-refractivity contribution in [2.45, 2.75) is 0 Å². The van der Waals surface area contributed by atoms with Crippen LogP contribution in [0, 0.1) is 17.5 Å². The third-order valence-electron chi connectivity index (χ3n) is 3.73. The fourth-order valence-corrected chi connectivity index (χ4v) is 10.5. The van der Waals surface area contributed by atoms with E-state index in [-0.39, 0.29) is 17.5 Å². The summed E-state index contributed by atoms with van der Waals surface area (Å²) in [4.78, 5) is 0. The van der Waals surface area contributed by atoms with Crippen molar-refractivity contribution in [3.63, 3.8) is 0 Å². The normalized spacial score (nSPS) is 11.5. The van der Waals surface area contributed by atoms with Gasteiger partial charge in [-0.25, -0.2) is 0 Å². The molecule has 116 valence electrons. The standard InChI is InChI=1S/C18H12ClF3Ge/c19-23(16-7-1-13(20)2-8-16,17-9-3-14(21)4-10-17)18-11-5-15(22)6-12-18/h1-12H. The average Bonchev–Trinajstić information content (AvgIpc) is 2.56. The van der Waals surface area contributed by atoms with Gasteiger partial charge in [-0.15, -0.1) is 0 Å². The zero-order valence-electron chi connectivity index (χ0n) is 11.9. The maximum absolute atomic E-state index is 13.3. The Morgan fingerprint density at radius 1 is 0.478 bits per heavy atom. The van der Waals surface area contributed by atoms with Crippen LogP contribution in [0.2, 0.25) is 0 Å². The summed E-state index contributed by atoms with van der Waals surface area (Å²) in [6.07, 6.45) is 0. The molecule has 0 radical (unpaired) electrons. The quantitative estimate of drug-likeness (QED) is 0.599. The number of halogens is 4. The summed E-state index contributed by atoms with van der Waals surface area (Å²) in [6.45, 7) is 0. The zero-order chi connectivity index (χ0) is 16.4. The number of rotatable bonds is 3. The molecule has 0 fully saturated rings. The van der Waals surface area contributed by atoms with Crippen molar-refractivity contribution in [1.82, 2.24) is 0 Å². The van der Waals surface area contributed by atoms with E-state index >= 15 is 0 Å². The Kier molecular flexibility index (Phi) is 4.51. The summed E-state index contributed by atoms with van der Waals surface area (Å²) < 4.78 is 42.2. The van der Waals surface area contributed by atoms with E-state index in [1.54, 1.807) is 36.4 Å². The molecule has 0 atom stereocenters. The Balaban J connectivity index is 2.21. The molecular weight excluding hydrogens is 381 g/mol. The summed E-state index contributed by atoms with van der Waals surface area (Å²) in [7, 11) is 7.09. The number of benzene rings is 3. The van der Waals surface area contributed by atoms with Crippen molar-refractivity contribution in [1.29, 1.82) is 0 Å². The van der Waals surface area contributed by atoms with Crippen molar-refractivity contribution in [2.75, 3.05) is 0 Å². The molecule has 0 heterocycles. The van der Waals surface area contributed by atoms with Crippen LogP contribution in [0.4, 0.5) is 13.2 Å². The fraction of sp³-hybridized carbons (Fsp3) is 0. The van der Waals surface area contributed by atoms with Crippen LogP contribution in [0.3, 0.4) is 0 Å². The van der Waals surface area contributed by atoms with Crippen molar-refractivity contribution in [3.05, 3.63) is 90.2 Å². The van der Waals surface area contributed by atoms with Gasteiger partial charge in [-0.2, -0.15) is 0 Å². The summed E-state index contributed by atoms with van der Waals surface area (Å²) >= 11 is -3.61. The first kappa shape index (κ1) is 16.2. The molecule has 0 spiro atoms. The van der Waals surface area contributed by atoms with Gasteiger partial charge in [-0.3, -0.25) is 0 Å². The Hall–Kier alpha value is -1.72. The van der Waals surface area contributed by atoms with Crippen LogP contribution in [0.15, 0.2) is 72.8 Å². The summed E-state index contributed by atoms with van der Waals surface area (Å²) in [6, 6.07) is 18.0. The Bertz CT molecular complexity index is 688. The molecule has 0 aliphatic heterocycles. The predicted octanol–water partition coefficient (Wildman–Crippen LogP) is 3.31. The number of hydrogen-bond donors (Lipinski definition) is 0. The van der Waals surface area contributed by atoms with E-state index in [4.69, 9.17) is 10.0 Å². The number of hydrogen-bond acceptors (Lipinski definition) is 0. The van der Waals surface area contributed by atoms with Gasteiger partial charge < -0.3 is 0 Å². The molecule has 0 aromatic heterocycles. The molecule has 3 aromatic rings. The van der Waals surface area contributed by atoms with Crippen molar-refractivity contribution < 1.29 is 13.2 Å². The Morgan fingerprint density at radius 2 is 0.696 bits per heavy atom. The molecule has 0 unspecified atom stereocenters. The molecule has 0 aliphatic rings. The zero-order valence-corrected chi connectivity index (χ0v) is 14.8. The van der Waals surface area contributed by atoms with Crippen molar-refractivity contribution >= 4 is 35.5 Å². The molecule has 23 heavy (non-hydrogen) atoms. The fourth-order valence-electron chi connectivity index (χ4n) is 2.54. The third-order valence-corrected chi connectivity index (χ3v) is 14.2. The summed E-state index contributed by atoms with van der Waals surface area (Å²) in [5, 5.41) is 0. The van der Waals surface area contributed by atoms with Gasteiger partial charge in [0.05, 0.1) is 0 Å². The van der Waals surface area contributed by atoms with E-state index < -0.39 is 12.3 Å². The molecule has 0 nitrogen and oxygen atoms in total. The molecule has 3 rings (SSSR count). The predicted molar refractivity (Wildman–Crippen MR) is 89.7 cm³/mol. The maximum atomic E-state index is 13.3. The van der Waals surface area contributed by atoms with Crippen LogP contribution in [-0.4, -0.2) is 12.3 Å². The second-order valence-electron chi connectivity index (χ2n) is 5.18. The summed E-state index contributed by atoms with van der Waals surface area (Å²) in [5.41, 5.74) is 0. The van der Waals surface area contributed by atoms with Crippen molar-refractivity contribution in [3.8, 4) is 0 Å². The van der Waals surface area contributed by atoms with Crippen LogP contribution >= 0.6 is 10.0 Å². The van der Waals surface area contributed by atoms with Gasteiger partial charge in [0.25, 0.3) is 0 Å². The van der Waals surface area contributed by atoms with E-state index in [1.807, 2.05) is 0 Å². The van der Waals surface area contributed by atoms with E-state index in [0.29, 0.717) is 0 Å². The first-order valence-electron chi connectivity index (χ1n) is 6.97. The SMILES string of the molecule is Fc1cc[c]([Ge]([Cl])([c]2ccc(F)cc2)[c]2ccc(F)cc2)cc1. The molecule has 0 saturated carbocycles. The Labute approximate surface area is 139 Å². The van der Waals surface area contributed by atoms with E-state index in [0.717, 1.165) is 13.2 Å². The summed E-state index contributed by atoms with van der Waals surface area (Å²) in [5.74, 6) is -1.06. The second-order valence-corrected chi connectivity index (χ2v) is 14.5. The van der Waals surface area contributed by atoms with Crippen LogP contribution in [0.5, 0.6) is 0 Å². The first-order chi connectivity index (χ1) is 11.0. The second kappa shape index (κ2) is 6.42. The van der Waals surface area contributed by atoms with Gasteiger partial charge in [-0.1, -0.05) is 0 Å². The monoisotopic (exact) mass is 394 g/mol. The molecule has 0 bridgehead atoms. The van der Waals surface area contributed by atoms with E-state index in [2.05, 4.69) is 0 Å². The molecule has 0 N–H and O–H groups in total. The van der Waals surface area contributed by atoms with E-state index in [1.165, 1.54) is 36.4 Å². The van der Waals surface area contributed by atoms with Gasteiger partial charge in [0.15, 0.2) is 0 Å². The van der Waals surface area contributed by atoms with Gasteiger partial charge >= 0.3 is 139 Å². The molecule has 5 heteroatoms. The molecular formula is C18H12ClF3Ge. The average molecular weight is 393 g/mol. The van der Waals surface area contributed by atoms with Crippen LogP contribution in [0.1, 0.15) is 0 Å². The topological polar surface area (TPSA) is 0 Å². The van der Waals surface area contributed by atoms with Gasteiger partial charge in [0, 0.05) is 0 Å². The van der Waals surface area contributed by atoms with Crippen LogP contribution in [0.25, 0.3) is 0 Å². The molecule has 0 saturated heterocycles. The third kappa shape index (κ3) is 3.17. The van der Waals surface area contributed by atoms with Gasteiger partial charge in [0.1, 0.15) is 0 Å². The van der Waals surface area contributed by atoms with E-state index in [9.17, 15) is 13.2 Å². The van der Waals surface area contributed by atoms with Gasteiger partial charge in [0.2, 0.25) is 0 Å². The van der Waals surface area contributed by atoms with Crippen LogP contribution < -0.4 is 13.2 Å². The molecule has 0 amide bonds. The minimum absolute atomic E-state index is 0.353. The molecule has 3 aromatic carbocycles. The minimum atomic E-state index is -3.61. The van der Waals surface area contributed by atoms with Gasteiger partial charge in [-0.05, 0) is 0 Å². The molecule has 0 aliphatic carbocycles. The first-order valence-corrected chi connectivity index (χ1v) is 12.9. The van der Waals surface area contributed by atoms with Crippen molar-refractivity contribution in [2.24, 2.45) is 0 Å².